The van der Waals surface area contributed by atoms with E-state index < -0.39 is 0 Å². The summed E-state index contributed by atoms with van der Waals surface area (Å²) in [5.74, 6) is 0.347. The Bertz CT molecular complexity index is 618. The summed E-state index contributed by atoms with van der Waals surface area (Å²) in [4.78, 5) is 0. The zero-order valence-corrected chi connectivity index (χ0v) is 12.1. The molecule has 2 aromatic rings. The predicted molar refractivity (Wildman–Crippen MR) is 80.0 cm³/mol. The van der Waals surface area contributed by atoms with Crippen molar-refractivity contribution in [3.8, 4) is 5.75 Å². The van der Waals surface area contributed by atoms with E-state index in [2.05, 4.69) is 17.3 Å². The molecule has 0 radical (unpaired) electrons. The fourth-order valence-corrected chi connectivity index (χ4v) is 3.04. The van der Waals surface area contributed by atoms with Gasteiger partial charge < -0.3 is 10.4 Å². The van der Waals surface area contributed by atoms with Gasteiger partial charge in [0, 0.05) is 13.2 Å². The van der Waals surface area contributed by atoms with Crippen molar-refractivity contribution in [3.63, 3.8) is 0 Å². The number of benzene rings is 1. The summed E-state index contributed by atoms with van der Waals surface area (Å²) in [6, 6.07) is 5.99. The Morgan fingerprint density at radius 3 is 3.10 bits per heavy atom. The van der Waals surface area contributed by atoms with Gasteiger partial charge in [0.2, 0.25) is 0 Å². The van der Waals surface area contributed by atoms with E-state index in [0.29, 0.717) is 5.75 Å². The van der Waals surface area contributed by atoms with Crippen LogP contribution < -0.4 is 5.32 Å². The van der Waals surface area contributed by atoms with E-state index in [4.69, 9.17) is 0 Å². The molecule has 1 aromatic heterocycles. The van der Waals surface area contributed by atoms with Gasteiger partial charge in [-0.3, -0.25) is 4.68 Å². The number of hydrogen-bond acceptors (Lipinski definition) is 3. The Balaban J connectivity index is 1.91. The molecule has 1 heterocycles. The van der Waals surface area contributed by atoms with Crippen LogP contribution in [0.5, 0.6) is 5.75 Å². The molecule has 0 spiro atoms. The number of phenolic OH excluding ortho intramolecular Hbond substituents is 1. The van der Waals surface area contributed by atoms with Gasteiger partial charge in [-0.2, -0.15) is 5.10 Å². The van der Waals surface area contributed by atoms with Crippen molar-refractivity contribution in [2.24, 2.45) is 7.05 Å². The summed E-state index contributed by atoms with van der Waals surface area (Å²) >= 11 is 0. The predicted octanol–water partition coefficient (Wildman–Crippen LogP) is 3.18. The SMILES string of the molecule is CCc1nn(C)cc1N[C@@H]1CCCc2ccc(O)cc21. The minimum Gasteiger partial charge on any atom is -0.508 e. The van der Waals surface area contributed by atoms with Crippen LogP contribution in [0.1, 0.15) is 42.6 Å². The fourth-order valence-electron chi connectivity index (χ4n) is 3.04. The van der Waals surface area contributed by atoms with Gasteiger partial charge in [0.1, 0.15) is 5.75 Å². The average molecular weight is 271 g/mol. The third-order valence-electron chi connectivity index (χ3n) is 4.01. The van der Waals surface area contributed by atoms with E-state index in [9.17, 15) is 5.11 Å². The van der Waals surface area contributed by atoms with Crippen LogP contribution in [0.4, 0.5) is 5.69 Å². The lowest BCUT2D eigenvalue weighted by Gasteiger charge is -2.27. The lowest BCUT2D eigenvalue weighted by molar-refractivity contribution is 0.471. The van der Waals surface area contributed by atoms with Crippen LogP contribution >= 0.6 is 0 Å². The first kappa shape index (κ1) is 13.0. The molecule has 0 aliphatic heterocycles. The molecule has 0 amide bonds. The summed E-state index contributed by atoms with van der Waals surface area (Å²) in [6.45, 7) is 2.12. The lowest BCUT2D eigenvalue weighted by Crippen LogP contribution is -2.17. The number of aryl methyl sites for hydroxylation is 3. The number of fused-ring (bicyclic) bond motifs is 1. The number of nitrogens with zero attached hydrogens (tertiary/aromatic N) is 2. The lowest BCUT2D eigenvalue weighted by atomic mass is 9.87. The van der Waals surface area contributed by atoms with E-state index >= 15 is 0 Å². The standard InChI is InChI=1S/C16H21N3O/c1-3-14-16(10-19(2)18-14)17-15-6-4-5-11-7-8-12(20)9-13(11)15/h7-10,15,17,20H,3-6H2,1-2H3/t15-/m1/s1. The molecule has 0 saturated heterocycles. The minimum absolute atomic E-state index is 0.264. The number of phenols is 1. The fraction of sp³-hybridized carbons (Fsp3) is 0.438. The van der Waals surface area contributed by atoms with Crippen molar-refractivity contribution < 1.29 is 5.11 Å². The first-order valence-corrected chi connectivity index (χ1v) is 7.28. The summed E-state index contributed by atoms with van der Waals surface area (Å²) in [6.07, 6.45) is 6.33. The highest BCUT2D eigenvalue weighted by atomic mass is 16.3. The third-order valence-corrected chi connectivity index (χ3v) is 4.01. The van der Waals surface area contributed by atoms with E-state index in [1.807, 2.05) is 30.1 Å². The van der Waals surface area contributed by atoms with Crippen molar-refractivity contribution >= 4 is 5.69 Å². The van der Waals surface area contributed by atoms with Crippen molar-refractivity contribution in [2.75, 3.05) is 5.32 Å². The molecule has 106 valence electrons. The number of aromatic nitrogens is 2. The maximum absolute atomic E-state index is 9.73. The molecular formula is C16H21N3O. The highest BCUT2D eigenvalue weighted by Crippen LogP contribution is 2.35. The van der Waals surface area contributed by atoms with Gasteiger partial charge in [0.15, 0.2) is 0 Å². The van der Waals surface area contributed by atoms with Crippen LogP contribution in [0.15, 0.2) is 24.4 Å². The highest BCUT2D eigenvalue weighted by molar-refractivity contribution is 5.50. The Hall–Kier alpha value is -1.97. The molecule has 4 heteroatoms. The van der Waals surface area contributed by atoms with Crippen LogP contribution in [-0.2, 0) is 19.9 Å². The zero-order chi connectivity index (χ0) is 14.1. The summed E-state index contributed by atoms with van der Waals surface area (Å²) in [7, 11) is 1.95. The molecule has 0 unspecified atom stereocenters. The zero-order valence-electron chi connectivity index (χ0n) is 12.1. The largest absolute Gasteiger partial charge is 0.508 e. The first-order chi connectivity index (χ1) is 9.67. The van der Waals surface area contributed by atoms with E-state index in [1.54, 1.807) is 6.07 Å². The van der Waals surface area contributed by atoms with Crippen LogP contribution in [0.25, 0.3) is 0 Å². The molecule has 2 N–H and O–H groups in total. The molecule has 1 aliphatic carbocycles. The molecule has 1 aromatic carbocycles. The van der Waals surface area contributed by atoms with Crippen LogP contribution in [-0.4, -0.2) is 14.9 Å². The van der Waals surface area contributed by atoms with Crippen molar-refractivity contribution in [1.29, 1.82) is 0 Å². The molecule has 0 bridgehead atoms. The molecule has 0 fully saturated rings. The molecule has 20 heavy (non-hydrogen) atoms. The monoisotopic (exact) mass is 271 g/mol. The van der Waals surface area contributed by atoms with Crippen molar-refractivity contribution in [1.82, 2.24) is 9.78 Å². The summed E-state index contributed by atoms with van der Waals surface area (Å²) < 4.78 is 1.85. The highest BCUT2D eigenvalue weighted by Gasteiger charge is 2.21. The Morgan fingerprint density at radius 2 is 2.30 bits per heavy atom. The van der Waals surface area contributed by atoms with Gasteiger partial charge in [-0.05, 0) is 48.9 Å². The minimum atomic E-state index is 0.264. The van der Waals surface area contributed by atoms with Gasteiger partial charge >= 0.3 is 0 Å². The number of rotatable bonds is 3. The normalized spacial score (nSPS) is 17.8. The second-order valence-electron chi connectivity index (χ2n) is 5.49. The van der Waals surface area contributed by atoms with E-state index in [1.165, 1.54) is 17.5 Å². The van der Waals surface area contributed by atoms with Crippen LogP contribution in [0, 0.1) is 0 Å². The quantitative estimate of drug-likeness (QED) is 0.901. The Morgan fingerprint density at radius 1 is 1.45 bits per heavy atom. The number of anilines is 1. The van der Waals surface area contributed by atoms with Crippen LogP contribution in [0.2, 0.25) is 0 Å². The van der Waals surface area contributed by atoms with E-state index in [0.717, 1.165) is 30.6 Å². The second-order valence-corrected chi connectivity index (χ2v) is 5.49. The smallest absolute Gasteiger partial charge is 0.115 e. The maximum Gasteiger partial charge on any atom is 0.115 e. The maximum atomic E-state index is 9.73. The number of nitrogens with one attached hydrogen (secondary N) is 1. The van der Waals surface area contributed by atoms with E-state index in [-0.39, 0.29) is 6.04 Å². The summed E-state index contributed by atoms with van der Waals surface area (Å²) in [5, 5.41) is 17.8. The Labute approximate surface area is 119 Å². The first-order valence-electron chi connectivity index (χ1n) is 7.28. The average Bonchev–Trinajstić information content (AvgIpc) is 2.79. The topological polar surface area (TPSA) is 50.1 Å². The molecule has 4 nitrogen and oxygen atoms in total. The second kappa shape index (κ2) is 5.19. The summed E-state index contributed by atoms with van der Waals surface area (Å²) in [5.41, 5.74) is 4.77. The molecule has 0 saturated carbocycles. The third kappa shape index (κ3) is 2.38. The molecular weight excluding hydrogens is 250 g/mol. The number of aromatic hydroxyl groups is 1. The van der Waals surface area contributed by atoms with Gasteiger partial charge in [-0.25, -0.2) is 0 Å². The molecule has 3 rings (SSSR count). The van der Waals surface area contributed by atoms with Gasteiger partial charge in [0.05, 0.1) is 17.4 Å². The Kier molecular flexibility index (Phi) is 3.38. The van der Waals surface area contributed by atoms with Crippen molar-refractivity contribution in [3.05, 3.63) is 41.2 Å². The molecule has 1 atom stereocenters. The molecule has 1 aliphatic rings. The van der Waals surface area contributed by atoms with Crippen LogP contribution in [0.3, 0.4) is 0 Å². The van der Waals surface area contributed by atoms with Crippen molar-refractivity contribution in [2.45, 2.75) is 38.6 Å². The van der Waals surface area contributed by atoms with Gasteiger partial charge in [0.25, 0.3) is 0 Å². The van der Waals surface area contributed by atoms with Gasteiger partial charge in [-0.15, -0.1) is 0 Å². The number of hydrogen-bond donors (Lipinski definition) is 2. The van der Waals surface area contributed by atoms with Gasteiger partial charge in [-0.1, -0.05) is 13.0 Å².